The first-order valence-corrected chi connectivity index (χ1v) is 4.06. The number of hydrogen-bond donors (Lipinski definition) is 0. The zero-order valence-electron chi connectivity index (χ0n) is 7.56. The summed E-state index contributed by atoms with van der Waals surface area (Å²) in [4.78, 5) is 0. The Morgan fingerprint density at radius 2 is 2.00 bits per heavy atom. The molecular formula is C8H18NRf-. The summed E-state index contributed by atoms with van der Waals surface area (Å²) in [5.74, 6) is 0.931. The average Bonchev–Trinajstić information content (AvgIpc) is 2.43. The van der Waals surface area contributed by atoms with Crippen molar-refractivity contribution >= 4 is 0 Å². The first-order chi connectivity index (χ1) is 4.43. The van der Waals surface area contributed by atoms with Gasteiger partial charge in [0.05, 0.1) is 0 Å². The Morgan fingerprint density at radius 3 is 2.20 bits per heavy atom. The van der Waals surface area contributed by atoms with E-state index in [4.69, 9.17) is 0 Å². The smallest absolute Gasteiger partial charge is 0 e. The third-order valence-corrected chi connectivity index (χ3v) is 1.66. The molecule has 0 bridgehead atoms. The van der Waals surface area contributed by atoms with Gasteiger partial charge in [0.1, 0.15) is 0 Å². The van der Waals surface area contributed by atoms with Gasteiger partial charge in [-0.15, -0.1) is 13.1 Å². The van der Waals surface area contributed by atoms with E-state index in [2.05, 4.69) is 12.2 Å². The van der Waals surface area contributed by atoms with Crippen molar-refractivity contribution in [2.45, 2.75) is 33.6 Å². The first kappa shape index (κ1) is 11.7. The minimum atomic E-state index is 0. The quantitative estimate of drug-likeness (QED) is 0.649. The van der Waals surface area contributed by atoms with E-state index >= 15 is 0 Å². The van der Waals surface area contributed by atoms with E-state index in [0.717, 1.165) is 19.0 Å². The number of rotatable bonds is 1. The van der Waals surface area contributed by atoms with Gasteiger partial charge in [0.15, 0.2) is 0 Å². The Kier molecular flexibility index (Phi) is 9.33. The topological polar surface area (TPSA) is 14.1 Å². The van der Waals surface area contributed by atoms with Crippen molar-refractivity contribution < 1.29 is 0 Å². The Hall–Kier alpha value is -1.04. The van der Waals surface area contributed by atoms with Crippen LogP contribution in [0.1, 0.15) is 33.6 Å². The minimum Gasteiger partial charge on any atom is -0.662 e. The summed E-state index contributed by atoms with van der Waals surface area (Å²) in [7, 11) is 0. The van der Waals surface area contributed by atoms with Crippen LogP contribution in [0.3, 0.4) is 0 Å². The van der Waals surface area contributed by atoms with Crippen LogP contribution in [0.15, 0.2) is 0 Å². The van der Waals surface area contributed by atoms with Gasteiger partial charge < -0.3 is 5.32 Å². The van der Waals surface area contributed by atoms with Crippen LogP contribution in [-0.2, 0) is 0 Å². The molecule has 1 rings (SSSR count). The normalized spacial score (nSPS) is 22.5. The van der Waals surface area contributed by atoms with Crippen LogP contribution in [0.2, 0.25) is 0 Å². The maximum absolute atomic E-state index is 4.24. The summed E-state index contributed by atoms with van der Waals surface area (Å²) >= 11 is 0. The number of nitrogens with zero attached hydrogens (tertiary/aromatic N) is 1. The Labute approximate surface area is 58.8 Å². The molecule has 0 saturated carbocycles. The van der Waals surface area contributed by atoms with Crippen molar-refractivity contribution in [2.75, 3.05) is 13.1 Å². The maximum Gasteiger partial charge on any atom is 0 e. The molecule has 58 valence electrons. The molecule has 10 heavy (non-hydrogen) atoms. The summed E-state index contributed by atoms with van der Waals surface area (Å²) < 4.78 is 0. The predicted molar refractivity (Wildman–Crippen MR) is 42.8 cm³/mol. The van der Waals surface area contributed by atoms with Crippen molar-refractivity contribution in [3.8, 4) is 0 Å². The second kappa shape index (κ2) is 7.96. The molecule has 1 aliphatic heterocycles. The summed E-state index contributed by atoms with van der Waals surface area (Å²) in [6.45, 7) is 8.50. The molecule has 2 heteroatoms. The zero-order valence-corrected chi connectivity index (χ0v) is 14.0. The molecule has 0 radical (unpaired) electrons. The van der Waals surface area contributed by atoms with Gasteiger partial charge in [-0.05, 0) is 0 Å². The molecular weight excluding hydrogens is 377 g/mol. The summed E-state index contributed by atoms with van der Waals surface area (Å²) in [5.41, 5.74) is 0. The molecule has 1 nitrogen and oxygen atoms in total. The van der Waals surface area contributed by atoms with Crippen LogP contribution >= 0.6 is 0 Å². The molecule has 1 fully saturated rings. The zero-order chi connectivity index (χ0) is 7.11. The molecule has 1 unspecified atom stereocenters. The van der Waals surface area contributed by atoms with Gasteiger partial charge in [-0.3, -0.25) is 0 Å². The fourth-order valence-electron chi connectivity index (χ4n) is 0.972. The van der Waals surface area contributed by atoms with Crippen molar-refractivity contribution in [3.05, 3.63) is 5.32 Å². The second-order valence-electron chi connectivity index (χ2n) is 2.19. The Bertz CT molecular complexity index is 51.2. The van der Waals surface area contributed by atoms with Gasteiger partial charge in [0, 0.05) is 0 Å². The van der Waals surface area contributed by atoms with Gasteiger partial charge in [-0.2, -0.15) is 0 Å². The molecule has 0 aliphatic carbocycles. The van der Waals surface area contributed by atoms with Gasteiger partial charge in [-0.1, -0.05) is 39.5 Å². The van der Waals surface area contributed by atoms with Crippen molar-refractivity contribution in [2.24, 2.45) is 5.92 Å². The Morgan fingerprint density at radius 1 is 1.40 bits per heavy atom. The molecule has 0 amide bonds. The maximum atomic E-state index is 4.24. The van der Waals surface area contributed by atoms with Crippen LogP contribution in [0, 0.1) is 5.92 Å². The molecule has 1 saturated heterocycles. The summed E-state index contributed by atoms with van der Waals surface area (Å²) in [5, 5.41) is 4.24. The SMILES string of the molecule is CC.CCC1CC[N-]C1.[Rf]. The van der Waals surface area contributed by atoms with E-state index in [0.29, 0.717) is 0 Å². The van der Waals surface area contributed by atoms with Crippen molar-refractivity contribution in [1.29, 1.82) is 0 Å². The second-order valence-corrected chi connectivity index (χ2v) is 2.19. The van der Waals surface area contributed by atoms with Crippen LogP contribution in [0.25, 0.3) is 5.32 Å². The third-order valence-electron chi connectivity index (χ3n) is 1.66. The van der Waals surface area contributed by atoms with Crippen LogP contribution in [-0.4, -0.2) is 13.1 Å². The summed E-state index contributed by atoms with van der Waals surface area (Å²) in [6, 6.07) is 0. The molecule has 1 aliphatic rings. The minimum absolute atomic E-state index is 0. The fourth-order valence-corrected chi connectivity index (χ4v) is 0.972. The van der Waals surface area contributed by atoms with E-state index < -0.39 is 0 Å². The van der Waals surface area contributed by atoms with Crippen LogP contribution < -0.4 is 0 Å². The monoisotopic (exact) mass is 395 g/mol. The molecule has 0 aromatic heterocycles. The van der Waals surface area contributed by atoms with Gasteiger partial charge in [0.2, 0.25) is 0 Å². The van der Waals surface area contributed by atoms with Crippen LogP contribution in [0.5, 0.6) is 0 Å². The molecule has 0 aromatic rings. The predicted octanol–water partition coefficient (Wildman–Crippen LogP) is 2.82. The van der Waals surface area contributed by atoms with Crippen molar-refractivity contribution in [1.82, 2.24) is 0 Å². The van der Waals surface area contributed by atoms with Crippen LogP contribution in [0.4, 0.5) is 0 Å². The number of hydrogen-bond acceptors (Lipinski definition) is 0. The Balaban J connectivity index is 0. The van der Waals surface area contributed by atoms with E-state index in [1.165, 1.54) is 12.8 Å². The largest absolute Gasteiger partial charge is 0.662 e. The van der Waals surface area contributed by atoms with Gasteiger partial charge in [0.25, 0.3) is 0 Å². The summed E-state index contributed by atoms with van der Waals surface area (Å²) in [6.07, 6.45) is 2.67. The van der Waals surface area contributed by atoms with E-state index in [-0.39, 0.29) is 0 Å². The average molecular weight is 395 g/mol. The standard InChI is InChI=1S/C6H12N.C2H6.Rf/c1-2-6-3-4-7-5-6;1-2;/h6H,2-5H2,1H3;1-2H3;/q-1;;. The molecule has 1 heterocycles. The van der Waals surface area contributed by atoms with E-state index in [9.17, 15) is 0 Å². The fraction of sp³-hybridized carbons (Fsp3) is 1.00. The molecule has 1 atom stereocenters. The first-order valence-electron chi connectivity index (χ1n) is 4.06. The van der Waals surface area contributed by atoms with Gasteiger partial charge in [-0.25, -0.2) is 0 Å². The third kappa shape index (κ3) is 3.90. The molecule has 0 N–H and O–H groups in total. The molecule has 0 spiro atoms. The van der Waals surface area contributed by atoms with Gasteiger partial charge >= 0.3 is 0 Å². The molecule has 0 aromatic carbocycles. The van der Waals surface area contributed by atoms with E-state index in [1.807, 2.05) is 13.8 Å². The van der Waals surface area contributed by atoms with Crippen molar-refractivity contribution in [3.63, 3.8) is 0 Å². The van der Waals surface area contributed by atoms with E-state index in [1.54, 1.807) is 0 Å².